The maximum absolute atomic E-state index is 13.6. The Morgan fingerprint density at radius 2 is 1.69 bits per heavy atom. The fourth-order valence-electron chi connectivity index (χ4n) is 4.44. The Morgan fingerprint density at radius 1 is 1.02 bits per heavy atom. The highest BCUT2D eigenvalue weighted by Gasteiger charge is 2.41. The zero-order valence-corrected chi connectivity index (χ0v) is 23.2. The van der Waals surface area contributed by atoms with Gasteiger partial charge in [-0.1, -0.05) is 37.6 Å². The molecule has 224 valence electrons. The van der Waals surface area contributed by atoms with E-state index in [0.29, 0.717) is 0 Å². The monoisotopic (exact) mass is 607 g/mol. The molecule has 0 unspecified atom stereocenters. The van der Waals surface area contributed by atoms with Crippen LogP contribution in [0.5, 0.6) is 5.75 Å². The Hall–Kier alpha value is -4.24. The minimum Gasteiger partial charge on any atom is -0.476 e. The van der Waals surface area contributed by atoms with E-state index in [-0.39, 0.29) is 42.6 Å². The van der Waals surface area contributed by atoms with E-state index >= 15 is 0 Å². The molecule has 15 heteroatoms. The lowest BCUT2D eigenvalue weighted by molar-refractivity contribution is -0.274. The van der Waals surface area contributed by atoms with Crippen molar-refractivity contribution in [3.05, 3.63) is 77.7 Å². The number of carboxylic acid groups (broad SMARTS) is 1. The van der Waals surface area contributed by atoms with Gasteiger partial charge in [-0.15, -0.1) is 13.2 Å². The SMILES string of the molecule is CCCc1ccc(CNC(=O)[C@H]2CN(c3cnc(C(=O)O)cn3)CCN2S(=O)(=O)c2ccc(OC(F)(F)F)cc2)cc1. The number of carboxylic acids is 1. The first kappa shape index (κ1) is 30.7. The number of aromatic nitrogens is 2. The van der Waals surface area contributed by atoms with Gasteiger partial charge in [0.2, 0.25) is 15.9 Å². The summed E-state index contributed by atoms with van der Waals surface area (Å²) in [6.07, 6.45) is -0.763. The van der Waals surface area contributed by atoms with Crippen LogP contribution in [-0.4, -0.2) is 71.7 Å². The number of amides is 1. The van der Waals surface area contributed by atoms with Gasteiger partial charge in [0, 0.05) is 26.2 Å². The molecule has 1 atom stereocenters. The number of aryl methyl sites for hydroxylation is 1. The fourth-order valence-corrected chi connectivity index (χ4v) is 6.01. The number of hydrogen-bond acceptors (Lipinski definition) is 8. The summed E-state index contributed by atoms with van der Waals surface area (Å²) in [5, 5.41) is 11.9. The van der Waals surface area contributed by atoms with Gasteiger partial charge < -0.3 is 20.1 Å². The number of hydrogen-bond donors (Lipinski definition) is 2. The zero-order valence-electron chi connectivity index (χ0n) is 22.4. The molecule has 0 bridgehead atoms. The number of rotatable bonds is 10. The van der Waals surface area contributed by atoms with Gasteiger partial charge in [0.1, 0.15) is 17.6 Å². The molecule has 0 saturated carbocycles. The molecule has 0 spiro atoms. The molecule has 4 rings (SSSR count). The first-order valence-corrected chi connectivity index (χ1v) is 14.3. The molecule has 1 aromatic heterocycles. The van der Waals surface area contributed by atoms with E-state index in [1.165, 1.54) is 6.20 Å². The first-order valence-electron chi connectivity index (χ1n) is 12.9. The third kappa shape index (κ3) is 7.53. The Morgan fingerprint density at radius 3 is 2.26 bits per heavy atom. The average molecular weight is 608 g/mol. The van der Waals surface area contributed by atoms with Crippen molar-refractivity contribution in [2.75, 3.05) is 24.5 Å². The molecular weight excluding hydrogens is 579 g/mol. The van der Waals surface area contributed by atoms with Gasteiger partial charge in [0.05, 0.1) is 17.3 Å². The fraction of sp³-hybridized carbons (Fsp3) is 0.333. The summed E-state index contributed by atoms with van der Waals surface area (Å²) >= 11 is 0. The molecule has 1 fully saturated rings. The number of benzene rings is 2. The maximum atomic E-state index is 13.6. The predicted octanol–water partition coefficient (Wildman–Crippen LogP) is 3.22. The number of ether oxygens (including phenoxy) is 1. The van der Waals surface area contributed by atoms with Gasteiger partial charge in [-0.3, -0.25) is 4.79 Å². The largest absolute Gasteiger partial charge is 0.573 e. The van der Waals surface area contributed by atoms with Crippen LogP contribution in [0.25, 0.3) is 0 Å². The Bertz CT molecular complexity index is 1500. The molecule has 2 heterocycles. The molecule has 1 aliphatic rings. The molecule has 2 N–H and O–H groups in total. The zero-order chi connectivity index (χ0) is 30.5. The number of nitrogens with zero attached hydrogens (tertiary/aromatic N) is 4. The van der Waals surface area contributed by atoms with Gasteiger partial charge >= 0.3 is 12.3 Å². The Kier molecular flexibility index (Phi) is 9.31. The Balaban J connectivity index is 1.57. The molecule has 3 aromatic rings. The summed E-state index contributed by atoms with van der Waals surface area (Å²) < 4.78 is 69.7. The summed E-state index contributed by atoms with van der Waals surface area (Å²) in [7, 11) is -4.34. The van der Waals surface area contributed by atoms with Gasteiger partial charge in [-0.2, -0.15) is 4.31 Å². The molecule has 1 amide bonds. The van der Waals surface area contributed by atoms with Crippen LogP contribution in [0.1, 0.15) is 35.0 Å². The van der Waals surface area contributed by atoms with Gasteiger partial charge in [-0.05, 0) is 41.8 Å². The maximum Gasteiger partial charge on any atom is 0.573 e. The van der Waals surface area contributed by atoms with Crippen molar-refractivity contribution in [2.45, 2.75) is 43.6 Å². The minimum atomic E-state index is -4.94. The van der Waals surface area contributed by atoms with Crippen LogP contribution in [0.2, 0.25) is 0 Å². The van der Waals surface area contributed by atoms with Crippen LogP contribution in [0.4, 0.5) is 19.0 Å². The lowest BCUT2D eigenvalue weighted by Gasteiger charge is -2.40. The second-order valence-electron chi connectivity index (χ2n) is 9.45. The lowest BCUT2D eigenvalue weighted by Crippen LogP contribution is -2.60. The van der Waals surface area contributed by atoms with E-state index < -0.39 is 40.1 Å². The number of alkyl halides is 3. The van der Waals surface area contributed by atoms with E-state index in [4.69, 9.17) is 5.11 Å². The van der Waals surface area contributed by atoms with Crippen molar-refractivity contribution in [2.24, 2.45) is 0 Å². The molecule has 42 heavy (non-hydrogen) atoms. The van der Waals surface area contributed by atoms with Crippen LogP contribution in [0, 0.1) is 0 Å². The molecule has 11 nitrogen and oxygen atoms in total. The third-order valence-corrected chi connectivity index (χ3v) is 8.43. The van der Waals surface area contributed by atoms with Crippen molar-refractivity contribution < 1.29 is 41.0 Å². The summed E-state index contributed by atoms with van der Waals surface area (Å²) in [6, 6.07) is 10.1. The van der Waals surface area contributed by atoms with E-state index in [1.807, 2.05) is 24.3 Å². The first-order chi connectivity index (χ1) is 19.9. The molecule has 1 aliphatic heterocycles. The predicted molar refractivity (Wildman–Crippen MR) is 144 cm³/mol. The Labute approximate surface area is 240 Å². The lowest BCUT2D eigenvalue weighted by atomic mass is 10.1. The number of nitrogens with one attached hydrogen (secondary N) is 1. The number of sulfonamides is 1. The average Bonchev–Trinajstić information content (AvgIpc) is 2.96. The quantitative estimate of drug-likeness (QED) is 0.355. The van der Waals surface area contributed by atoms with Crippen molar-refractivity contribution in [1.82, 2.24) is 19.6 Å². The van der Waals surface area contributed by atoms with Gasteiger partial charge in [-0.25, -0.2) is 23.2 Å². The third-order valence-electron chi connectivity index (χ3n) is 6.51. The highest BCUT2D eigenvalue weighted by molar-refractivity contribution is 7.89. The smallest absolute Gasteiger partial charge is 0.476 e. The molecule has 0 radical (unpaired) electrons. The number of carbonyl (C=O) groups excluding carboxylic acids is 1. The summed E-state index contributed by atoms with van der Waals surface area (Å²) in [5.74, 6) is -2.21. The summed E-state index contributed by atoms with van der Waals surface area (Å²) in [5.41, 5.74) is 1.67. The number of carbonyl (C=O) groups is 2. The van der Waals surface area contributed by atoms with Crippen LogP contribution in [-0.2, 0) is 27.8 Å². The van der Waals surface area contributed by atoms with E-state index in [1.54, 1.807) is 4.90 Å². The highest BCUT2D eigenvalue weighted by atomic mass is 32.2. The summed E-state index contributed by atoms with van der Waals surface area (Å²) in [6.45, 7) is 1.97. The van der Waals surface area contributed by atoms with E-state index in [2.05, 4.69) is 26.9 Å². The second-order valence-corrected chi connectivity index (χ2v) is 11.3. The van der Waals surface area contributed by atoms with E-state index in [9.17, 15) is 31.2 Å². The van der Waals surface area contributed by atoms with Crippen LogP contribution >= 0.6 is 0 Å². The molecule has 0 aliphatic carbocycles. The molecule has 1 saturated heterocycles. The van der Waals surface area contributed by atoms with E-state index in [0.717, 1.165) is 58.7 Å². The van der Waals surface area contributed by atoms with Crippen molar-refractivity contribution in [1.29, 1.82) is 0 Å². The standard InChI is InChI=1S/C27H28F3N5O6S/c1-2-3-18-4-6-19(7-5-18)14-33-25(36)23-17-34(24-16-31-22(15-32-24)26(37)38)12-13-35(23)42(39,40)21-10-8-20(9-11-21)41-27(28,29)30/h4-11,15-16,23H,2-3,12-14,17H2,1H3,(H,33,36)(H,37,38)/t23-/m1/s1. The number of piperazine rings is 1. The number of aromatic carboxylic acids is 1. The van der Waals surface area contributed by atoms with Crippen LogP contribution < -0.4 is 15.0 Å². The topological polar surface area (TPSA) is 142 Å². The number of anilines is 1. The van der Waals surface area contributed by atoms with Gasteiger partial charge in [0.25, 0.3) is 0 Å². The van der Waals surface area contributed by atoms with Crippen LogP contribution in [0.15, 0.2) is 65.8 Å². The molecular formula is C27H28F3N5O6S. The van der Waals surface area contributed by atoms with Crippen molar-refractivity contribution in [3.8, 4) is 5.75 Å². The summed E-state index contributed by atoms with van der Waals surface area (Å²) in [4.78, 5) is 33.8. The minimum absolute atomic E-state index is 0.0816. The normalized spacial score (nSPS) is 16.2. The van der Waals surface area contributed by atoms with Gasteiger partial charge in [0.15, 0.2) is 5.69 Å². The van der Waals surface area contributed by atoms with Crippen LogP contribution in [0.3, 0.4) is 0 Å². The highest BCUT2D eigenvalue weighted by Crippen LogP contribution is 2.28. The van der Waals surface area contributed by atoms with Crippen molar-refractivity contribution in [3.63, 3.8) is 0 Å². The second kappa shape index (κ2) is 12.7. The van der Waals surface area contributed by atoms with Crippen molar-refractivity contribution >= 4 is 27.7 Å². The molecule has 2 aromatic carbocycles. The number of halogens is 3.